The highest BCUT2D eigenvalue weighted by Crippen LogP contribution is 2.59. The van der Waals surface area contributed by atoms with Crippen LogP contribution in [0, 0.1) is 23.7 Å². The van der Waals surface area contributed by atoms with Gasteiger partial charge in [0.1, 0.15) is 13.8 Å². The molecule has 4 fully saturated rings. The van der Waals surface area contributed by atoms with Crippen LogP contribution in [0.4, 0.5) is 0 Å². The summed E-state index contributed by atoms with van der Waals surface area (Å²) in [5.41, 5.74) is -0.363. The van der Waals surface area contributed by atoms with Crippen LogP contribution in [0.2, 0.25) is 39.3 Å². The van der Waals surface area contributed by atoms with Gasteiger partial charge in [-0.05, 0) is 75.4 Å². The van der Waals surface area contributed by atoms with Crippen LogP contribution >= 0.6 is 0 Å². The van der Waals surface area contributed by atoms with Gasteiger partial charge in [-0.1, -0.05) is 19.6 Å². The summed E-state index contributed by atoms with van der Waals surface area (Å²) in [5.74, 6) is 2.87. The lowest BCUT2D eigenvalue weighted by Gasteiger charge is -2.61. The smallest absolute Gasteiger partial charge is 0.312 e. The zero-order chi connectivity index (χ0) is 16.3. The maximum Gasteiger partial charge on any atom is 0.312 e. The van der Waals surface area contributed by atoms with Crippen molar-refractivity contribution in [3.63, 3.8) is 0 Å². The molecule has 0 amide bonds. The van der Waals surface area contributed by atoms with E-state index in [0.29, 0.717) is 11.8 Å². The Morgan fingerprint density at radius 3 is 1.73 bits per heavy atom. The summed E-state index contributed by atoms with van der Waals surface area (Å²) in [4.78, 5) is 17.2. The van der Waals surface area contributed by atoms with Gasteiger partial charge in [0.15, 0.2) is 0 Å². The van der Waals surface area contributed by atoms with Crippen LogP contribution < -0.4 is 4.98 Å². The fourth-order valence-corrected chi connectivity index (χ4v) is 7.98. The van der Waals surface area contributed by atoms with E-state index in [1.54, 1.807) is 0 Å². The van der Waals surface area contributed by atoms with Crippen molar-refractivity contribution in [1.29, 1.82) is 0 Å². The van der Waals surface area contributed by atoms with Gasteiger partial charge in [-0.3, -0.25) is 4.79 Å². The summed E-state index contributed by atoms with van der Waals surface area (Å²) in [7, 11) is -3.42. The SMILES string of the molecule is C[Si](C)(C)NC1(C(=O)O[Si](C)(C)C)C2CC3CC(C2)CC1C3. The highest BCUT2D eigenvalue weighted by atomic mass is 28.4. The van der Waals surface area contributed by atoms with Gasteiger partial charge in [-0.2, -0.15) is 0 Å². The summed E-state index contributed by atoms with van der Waals surface area (Å²) >= 11 is 0. The molecule has 0 saturated heterocycles. The molecule has 0 aromatic heterocycles. The van der Waals surface area contributed by atoms with Gasteiger partial charge in [0.25, 0.3) is 0 Å². The number of carbonyl (C=O) groups is 1. The minimum Gasteiger partial charge on any atom is -0.519 e. The molecule has 1 N–H and O–H groups in total. The van der Waals surface area contributed by atoms with E-state index in [0.717, 1.165) is 11.8 Å². The number of hydrogen-bond acceptors (Lipinski definition) is 3. The highest BCUT2D eigenvalue weighted by molar-refractivity contribution is 6.74. The van der Waals surface area contributed by atoms with Crippen molar-refractivity contribution < 1.29 is 9.22 Å². The maximum atomic E-state index is 13.3. The van der Waals surface area contributed by atoms with Crippen LogP contribution in [-0.4, -0.2) is 28.1 Å². The predicted octanol–water partition coefficient (Wildman–Crippen LogP) is 3.98. The Bertz CT molecular complexity index is 436. The monoisotopic (exact) mass is 339 g/mol. The first-order chi connectivity index (χ1) is 9.99. The first-order valence-electron chi connectivity index (χ1n) is 9.02. The Morgan fingerprint density at radius 1 is 0.909 bits per heavy atom. The molecule has 4 aliphatic rings. The van der Waals surface area contributed by atoms with Crippen LogP contribution in [-0.2, 0) is 9.22 Å². The molecular weight excluding hydrogens is 306 g/mol. The molecule has 22 heavy (non-hydrogen) atoms. The fourth-order valence-electron chi connectivity index (χ4n) is 5.50. The average molecular weight is 340 g/mol. The molecular formula is C17H33NO2Si2. The van der Waals surface area contributed by atoms with Crippen LogP contribution in [0.15, 0.2) is 0 Å². The van der Waals surface area contributed by atoms with Gasteiger partial charge >= 0.3 is 5.97 Å². The third-order valence-corrected chi connectivity index (χ3v) is 7.71. The zero-order valence-electron chi connectivity index (χ0n) is 15.2. The fraction of sp³-hybridized carbons (Fsp3) is 0.941. The number of carbonyl (C=O) groups excluding carboxylic acids is 1. The normalized spacial score (nSPS) is 40.8. The van der Waals surface area contributed by atoms with Crippen molar-refractivity contribution in [3.05, 3.63) is 0 Å². The second-order valence-electron chi connectivity index (χ2n) is 10.1. The van der Waals surface area contributed by atoms with E-state index in [1.807, 2.05) is 0 Å². The van der Waals surface area contributed by atoms with Gasteiger partial charge in [0.2, 0.25) is 8.32 Å². The topological polar surface area (TPSA) is 38.3 Å². The van der Waals surface area contributed by atoms with Crippen molar-refractivity contribution in [1.82, 2.24) is 4.98 Å². The van der Waals surface area contributed by atoms with Gasteiger partial charge < -0.3 is 9.41 Å². The Hall–Kier alpha value is -0.136. The lowest BCUT2D eigenvalue weighted by molar-refractivity contribution is -0.160. The van der Waals surface area contributed by atoms with Crippen molar-refractivity contribution in [2.75, 3.05) is 0 Å². The summed E-state index contributed by atoms with van der Waals surface area (Å²) in [6.07, 6.45) is 6.38. The molecule has 5 heteroatoms. The standard InChI is InChI=1S/C17H33NO2Si2/c1-21(2,3)18-17(16(19)20-22(4,5)6)14-8-12-7-13(10-14)11-15(17)9-12/h12-15,18H,7-11H2,1-6H3. The maximum absolute atomic E-state index is 13.3. The van der Waals surface area contributed by atoms with Crippen molar-refractivity contribution >= 4 is 22.5 Å². The minimum absolute atomic E-state index is 0.0999. The molecule has 0 radical (unpaired) electrons. The van der Waals surface area contributed by atoms with E-state index in [9.17, 15) is 4.79 Å². The van der Waals surface area contributed by atoms with Crippen LogP contribution in [0.5, 0.6) is 0 Å². The van der Waals surface area contributed by atoms with Gasteiger partial charge in [0, 0.05) is 0 Å². The number of rotatable bonds is 4. The molecule has 3 nitrogen and oxygen atoms in total. The molecule has 0 aliphatic heterocycles. The lowest BCUT2D eigenvalue weighted by atomic mass is 9.49. The van der Waals surface area contributed by atoms with Crippen LogP contribution in [0.3, 0.4) is 0 Å². The zero-order valence-corrected chi connectivity index (χ0v) is 17.2. The first-order valence-corrected chi connectivity index (χ1v) is 15.9. The molecule has 0 aromatic rings. The largest absolute Gasteiger partial charge is 0.519 e. The third-order valence-electron chi connectivity index (χ3n) is 5.74. The molecule has 0 aromatic carbocycles. The second kappa shape index (κ2) is 5.18. The molecule has 0 spiro atoms. The summed E-state index contributed by atoms with van der Waals surface area (Å²) in [6, 6.07) is 0. The summed E-state index contributed by atoms with van der Waals surface area (Å²) in [5, 5.41) is 0. The molecule has 4 saturated carbocycles. The second-order valence-corrected chi connectivity index (χ2v) is 19.2. The van der Waals surface area contributed by atoms with Crippen molar-refractivity contribution in [2.24, 2.45) is 23.7 Å². The third kappa shape index (κ3) is 2.96. The lowest BCUT2D eigenvalue weighted by Crippen LogP contribution is -2.74. The van der Waals surface area contributed by atoms with E-state index >= 15 is 0 Å². The van der Waals surface area contributed by atoms with E-state index in [-0.39, 0.29) is 11.5 Å². The van der Waals surface area contributed by atoms with Crippen LogP contribution in [0.25, 0.3) is 0 Å². The van der Waals surface area contributed by atoms with Gasteiger partial charge in [-0.25, -0.2) is 0 Å². The highest BCUT2D eigenvalue weighted by Gasteiger charge is 2.62. The molecule has 4 rings (SSSR count). The summed E-state index contributed by atoms with van der Waals surface area (Å²) < 4.78 is 6.07. The Labute approximate surface area is 137 Å². The quantitative estimate of drug-likeness (QED) is 0.787. The molecule has 0 heterocycles. The van der Waals surface area contributed by atoms with E-state index in [2.05, 4.69) is 44.3 Å². The van der Waals surface area contributed by atoms with Gasteiger partial charge in [-0.15, -0.1) is 0 Å². The first kappa shape index (κ1) is 16.7. The number of hydrogen-bond donors (Lipinski definition) is 1. The molecule has 126 valence electrons. The van der Waals surface area contributed by atoms with E-state index in [1.165, 1.54) is 32.1 Å². The Kier molecular flexibility index (Phi) is 3.94. The molecule has 4 bridgehead atoms. The molecule has 0 atom stereocenters. The van der Waals surface area contributed by atoms with Crippen molar-refractivity contribution in [3.8, 4) is 0 Å². The van der Waals surface area contributed by atoms with E-state index < -0.39 is 16.6 Å². The molecule has 4 aliphatic carbocycles. The van der Waals surface area contributed by atoms with Crippen LogP contribution in [0.1, 0.15) is 32.1 Å². The van der Waals surface area contributed by atoms with Crippen molar-refractivity contribution in [2.45, 2.75) is 76.9 Å². The average Bonchev–Trinajstić information content (AvgIpc) is 2.29. The Balaban J connectivity index is 1.95. The predicted molar refractivity (Wildman–Crippen MR) is 95.7 cm³/mol. The Morgan fingerprint density at radius 2 is 1.36 bits per heavy atom. The number of nitrogens with one attached hydrogen (secondary N) is 1. The van der Waals surface area contributed by atoms with Gasteiger partial charge in [0.05, 0.1) is 0 Å². The summed E-state index contributed by atoms with van der Waals surface area (Å²) in [6.45, 7) is 13.3. The molecule has 0 unspecified atom stereocenters. The minimum atomic E-state index is -1.85. The van der Waals surface area contributed by atoms with E-state index in [4.69, 9.17) is 4.43 Å².